The van der Waals surface area contributed by atoms with E-state index in [-0.39, 0.29) is 62.2 Å². The first kappa shape index (κ1) is 41.4. The molecular formula is C36H41ClF5N5O8S. The third kappa shape index (κ3) is 8.38. The van der Waals surface area contributed by atoms with Gasteiger partial charge in [0.15, 0.2) is 5.75 Å². The van der Waals surface area contributed by atoms with Crippen molar-refractivity contribution >= 4 is 56.3 Å². The number of aryl methyl sites for hydroxylation is 1. The summed E-state index contributed by atoms with van der Waals surface area (Å²) in [6.07, 6.45) is -4.49. The third-order valence-corrected chi connectivity index (χ3v) is 12.6. The molecule has 2 fully saturated rings. The van der Waals surface area contributed by atoms with Gasteiger partial charge < -0.3 is 25.0 Å². The van der Waals surface area contributed by atoms with Crippen LogP contribution in [0.3, 0.4) is 0 Å². The van der Waals surface area contributed by atoms with Crippen molar-refractivity contribution in [2.24, 2.45) is 0 Å². The summed E-state index contributed by atoms with van der Waals surface area (Å²) in [6.45, 7) is 0.810. The number of sulfonamides is 1. The Balaban J connectivity index is 1.37. The molecule has 13 nitrogen and oxygen atoms in total. The minimum atomic E-state index is -4.95. The van der Waals surface area contributed by atoms with E-state index in [1.165, 1.54) is 12.1 Å². The van der Waals surface area contributed by atoms with Crippen molar-refractivity contribution in [3.63, 3.8) is 0 Å². The SMILES string of the molecule is CC(C)(OC(=O)N[C@H]1CCCCC/C=C\C[C@H](C(=O)N2CCS2(=O)=O)NC(=O)[C@@H]2C[C@]3(CCc4c(c(C(F)F)nc5ccc(Cl)cc45)O3)CN2C1=O)C(F)(F)F. The molecule has 20 heteroatoms. The van der Waals surface area contributed by atoms with Crippen LogP contribution >= 0.6 is 11.6 Å². The molecule has 306 valence electrons. The van der Waals surface area contributed by atoms with Gasteiger partial charge in [-0.25, -0.2) is 31.3 Å². The fourth-order valence-electron chi connectivity index (χ4n) is 7.40. The van der Waals surface area contributed by atoms with Crippen LogP contribution in [-0.2, 0) is 35.6 Å². The lowest BCUT2D eigenvalue weighted by molar-refractivity contribution is -0.244. The van der Waals surface area contributed by atoms with Gasteiger partial charge in [-0.15, -0.1) is 0 Å². The summed E-state index contributed by atoms with van der Waals surface area (Å²) in [7, 11) is -3.88. The van der Waals surface area contributed by atoms with Crippen molar-refractivity contribution in [1.29, 1.82) is 0 Å². The van der Waals surface area contributed by atoms with Gasteiger partial charge in [-0.2, -0.15) is 13.2 Å². The first-order chi connectivity index (χ1) is 26.2. The molecule has 0 radical (unpaired) electrons. The Bertz CT molecular complexity index is 2050. The van der Waals surface area contributed by atoms with E-state index in [1.54, 1.807) is 18.2 Å². The number of amides is 4. The number of carbonyl (C=O) groups excluding carboxylic acids is 4. The van der Waals surface area contributed by atoms with E-state index in [2.05, 4.69) is 15.6 Å². The Morgan fingerprint density at radius 3 is 2.55 bits per heavy atom. The summed E-state index contributed by atoms with van der Waals surface area (Å²) >= 11 is 6.23. The van der Waals surface area contributed by atoms with Crippen molar-refractivity contribution in [2.75, 3.05) is 18.8 Å². The molecule has 1 aromatic carbocycles. The third-order valence-electron chi connectivity index (χ3n) is 10.6. The Morgan fingerprint density at radius 2 is 1.89 bits per heavy atom. The summed E-state index contributed by atoms with van der Waals surface area (Å²) in [5, 5.41) is 5.63. The van der Waals surface area contributed by atoms with Gasteiger partial charge in [0, 0.05) is 22.4 Å². The average molecular weight is 834 g/mol. The molecule has 0 unspecified atom stereocenters. The zero-order valence-corrected chi connectivity index (χ0v) is 32.0. The molecule has 4 aliphatic rings. The predicted molar refractivity (Wildman–Crippen MR) is 191 cm³/mol. The van der Waals surface area contributed by atoms with Gasteiger partial charge in [-0.05, 0) is 70.6 Å². The van der Waals surface area contributed by atoms with Gasteiger partial charge in [-0.3, -0.25) is 14.4 Å². The highest BCUT2D eigenvalue weighted by atomic mass is 35.5. The second-order valence-corrected chi connectivity index (χ2v) is 17.4. The molecule has 0 saturated carbocycles. The molecule has 0 aliphatic carbocycles. The van der Waals surface area contributed by atoms with E-state index in [9.17, 15) is 49.5 Å². The molecule has 0 bridgehead atoms. The highest BCUT2D eigenvalue weighted by Gasteiger charge is 2.55. The van der Waals surface area contributed by atoms with Gasteiger partial charge in [0.05, 0.1) is 24.4 Å². The number of hydrogen-bond donors (Lipinski definition) is 2. The van der Waals surface area contributed by atoms with Crippen LogP contribution in [0.1, 0.15) is 82.9 Å². The Kier molecular flexibility index (Phi) is 11.5. The number of nitrogens with zero attached hydrogens (tertiary/aromatic N) is 3. The molecule has 4 atom stereocenters. The number of rotatable bonds is 4. The lowest BCUT2D eigenvalue weighted by Crippen LogP contribution is -2.60. The topological polar surface area (TPSA) is 164 Å². The average Bonchev–Trinajstić information content (AvgIpc) is 3.47. The number of nitrogens with one attached hydrogen (secondary N) is 2. The van der Waals surface area contributed by atoms with Crippen molar-refractivity contribution in [1.82, 2.24) is 24.8 Å². The van der Waals surface area contributed by atoms with Gasteiger partial charge in [0.1, 0.15) is 29.4 Å². The van der Waals surface area contributed by atoms with Crippen molar-refractivity contribution in [3.8, 4) is 5.75 Å². The molecule has 1 aromatic heterocycles. The van der Waals surface area contributed by atoms with Crippen molar-refractivity contribution < 1.29 is 59.0 Å². The van der Waals surface area contributed by atoms with Crippen molar-refractivity contribution in [3.05, 3.63) is 46.6 Å². The van der Waals surface area contributed by atoms with Crippen LogP contribution < -0.4 is 15.4 Å². The first-order valence-corrected chi connectivity index (χ1v) is 20.2. The Labute approximate surface area is 324 Å². The van der Waals surface area contributed by atoms with Crippen molar-refractivity contribution in [2.45, 2.75) is 114 Å². The van der Waals surface area contributed by atoms with E-state index in [1.807, 2.05) is 0 Å². The second kappa shape index (κ2) is 15.6. The van der Waals surface area contributed by atoms with Crippen LogP contribution in [-0.4, -0.2) is 101 Å². The molecule has 2 N–H and O–H groups in total. The van der Waals surface area contributed by atoms with Crippen LogP contribution in [0.25, 0.3) is 10.9 Å². The lowest BCUT2D eigenvalue weighted by atomic mass is 9.87. The molecule has 56 heavy (non-hydrogen) atoms. The first-order valence-electron chi connectivity index (χ1n) is 18.2. The van der Waals surface area contributed by atoms with Crippen LogP contribution in [0.5, 0.6) is 5.75 Å². The van der Waals surface area contributed by atoms with Gasteiger partial charge in [0.2, 0.25) is 27.4 Å². The molecule has 6 rings (SSSR count). The Morgan fingerprint density at radius 1 is 1.14 bits per heavy atom. The molecule has 2 saturated heterocycles. The molecular weight excluding hydrogens is 793 g/mol. The lowest BCUT2D eigenvalue weighted by Gasteiger charge is -2.37. The standard InChI is InChI=1S/C36H41ClF5N5O8S/c1-34(2,36(40,41)42)55-33(51)45-24-9-7-5-3-4-6-8-10-25(32(50)47-15-16-56(47,52)53)44-30(48)26-18-35(19-46(26)31(24)49)14-13-21-22-17-20(37)11-12-23(22)43-27(29(38)39)28(21)54-35/h6,8,11-12,17,24-26,29H,3-5,7,9-10,13-16,18-19H2,1-2H3,(H,44,48)(H,45,51)/b8-6-/t24-,25+,26-,35+/m0/s1. The summed E-state index contributed by atoms with van der Waals surface area (Å²) in [4.78, 5) is 60.4. The van der Waals surface area contributed by atoms with Crippen LogP contribution in [0.4, 0.5) is 26.7 Å². The molecule has 5 heterocycles. The van der Waals surface area contributed by atoms with Gasteiger partial charge in [0.25, 0.3) is 12.3 Å². The number of allylic oxidation sites excluding steroid dienone is 1. The van der Waals surface area contributed by atoms with E-state index in [0.717, 1.165) is 4.90 Å². The van der Waals surface area contributed by atoms with Crippen LogP contribution in [0.15, 0.2) is 30.4 Å². The number of aromatic nitrogens is 1. The predicted octanol–water partition coefficient (Wildman–Crippen LogP) is 5.49. The number of alkyl halides is 5. The van der Waals surface area contributed by atoms with Gasteiger partial charge in [-0.1, -0.05) is 36.6 Å². The zero-order chi connectivity index (χ0) is 40.8. The zero-order valence-electron chi connectivity index (χ0n) is 30.5. The summed E-state index contributed by atoms with van der Waals surface area (Å²) in [5.41, 5.74) is -4.44. The summed E-state index contributed by atoms with van der Waals surface area (Å²) in [6, 6.07) is 0.225. The van der Waals surface area contributed by atoms with E-state index in [4.69, 9.17) is 21.1 Å². The number of hydrogen-bond acceptors (Lipinski definition) is 9. The molecule has 2 aromatic rings. The van der Waals surface area contributed by atoms with E-state index in [0.29, 0.717) is 59.8 Å². The normalized spacial score (nSPS) is 26.6. The number of carbonyl (C=O) groups is 4. The fourth-order valence-corrected chi connectivity index (χ4v) is 8.64. The number of fused-ring (bicyclic) bond motifs is 4. The monoisotopic (exact) mass is 833 g/mol. The number of benzene rings is 1. The van der Waals surface area contributed by atoms with Crippen LogP contribution in [0.2, 0.25) is 5.02 Å². The largest absolute Gasteiger partial charge is 0.483 e. The van der Waals surface area contributed by atoms with Crippen LogP contribution in [0, 0.1) is 0 Å². The smallest absolute Gasteiger partial charge is 0.427 e. The fraction of sp³-hybridized carbons (Fsp3) is 0.583. The second-order valence-electron chi connectivity index (χ2n) is 15.0. The van der Waals surface area contributed by atoms with E-state index >= 15 is 0 Å². The maximum atomic E-state index is 14.6. The highest BCUT2D eigenvalue weighted by molar-refractivity contribution is 7.90. The maximum absolute atomic E-state index is 14.6. The number of halogens is 6. The minimum absolute atomic E-state index is 0.0637. The van der Waals surface area contributed by atoms with Gasteiger partial charge >= 0.3 is 12.3 Å². The maximum Gasteiger partial charge on any atom is 0.427 e. The minimum Gasteiger partial charge on any atom is -0.483 e. The highest BCUT2D eigenvalue weighted by Crippen LogP contribution is 2.47. The molecule has 4 aliphatic heterocycles. The molecule has 1 spiro atoms. The number of alkyl carbamates (subject to hydrolysis) is 1. The number of pyridine rings is 1. The quantitative estimate of drug-likeness (QED) is 0.300. The Hall–Kier alpha value is -4.26. The van der Waals surface area contributed by atoms with E-state index < -0.39 is 81.5 Å². The summed E-state index contributed by atoms with van der Waals surface area (Å²) < 4.78 is 106. The molecule has 4 amide bonds. The number of ether oxygens (including phenoxy) is 2. The summed E-state index contributed by atoms with van der Waals surface area (Å²) in [5.74, 6) is -3.18.